The van der Waals surface area contributed by atoms with Gasteiger partial charge in [0.15, 0.2) is 28.2 Å². The monoisotopic (exact) mass is 490 g/mol. The lowest BCUT2D eigenvalue weighted by Crippen LogP contribution is -2.25. The van der Waals surface area contributed by atoms with Gasteiger partial charge < -0.3 is 14.0 Å². The summed E-state index contributed by atoms with van der Waals surface area (Å²) in [6, 6.07) is 16.0. The molecule has 0 spiro atoms. The number of nitrogens with zero attached hydrogens (tertiary/aromatic N) is 6. The lowest BCUT2D eigenvalue weighted by molar-refractivity contribution is 0.0821. The van der Waals surface area contributed by atoms with Gasteiger partial charge in [-0.25, -0.2) is 9.36 Å². The standard InChI is InChI=1S/C26H30N6O2S/c1-17-10-6-7-11-21(17)32-19(3)20(18(2)27-32)14-29(4)16-31-26(35)30(5)25(28-31)24-15-33-22-12-8-9-13-23(22)34-24/h6-13,24H,14-16H2,1-5H3. The molecule has 0 bridgehead atoms. The normalized spacial score (nSPS) is 15.1. The minimum absolute atomic E-state index is 0.319. The van der Waals surface area contributed by atoms with Crippen LogP contribution in [0.1, 0.15) is 34.4 Å². The number of rotatable bonds is 6. The summed E-state index contributed by atoms with van der Waals surface area (Å²) in [6.45, 7) is 7.96. The van der Waals surface area contributed by atoms with Crippen LogP contribution in [0.25, 0.3) is 5.69 Å². The summed E-state index contributed by atoms with van der Waals surface area (Å²) in [5, 5.41) is 9.63. The first-order valence-corrected chi connectivity index (χ1v) is 12.1. The molecule has 4 aromatic rings. The Hall–Kier alpha value is -3.43. The lowest BCUT2D eigenvalue weighted by atomic mass is 10.1. The van der Waals surface area contributed by atoms with Crippen molar-refractivity contribution in [2.75, 3.05) is 13.7 Å². The second-order valence-corrected chi connectivity index (χ2v) is 9.43. The average Bonchev–Trinajstić information content (AvgIpc) is 3.29. The Bertz CT molecular complexity index is 1440. The zero-order valence-corrected chi connectivity index (χ0v) is 21.5. The van der Waals surface area contributed by atoms with Crippen molar-refractivity contribution in [1.29, 1.82) is 0 Å². The molecule has 0 aliphatic carbocycles. The Morgan fingerprint density at radius 1 is 1.03 bits per heavy atom. The summed E-state index contributed by atoms with van der Waals surface area (Å²) in [4.78, 5) is 2.19. The predicted molar refractivity (Wildman–Crippen MR) is 137 cm³/mol. The fraction of sp³-hybridized carbons (Fsp3) is 0.346. The minimum Gasteiger partial charge on any atom is -0.485 e. The van der Waals surface area contributed by atoms with Gasteiger partial charge in [-0.1, -0.05) is 30.3 Å². The van der Waals surface area contributed by atoms with Gasteiger partial charge in [0.1, 0.15) is 6.61 Å². The summed E-state index contributed by atoms with van der Waals surface area (Å²) in [6.07, 6.45) is -0.319. The van der Waals surface area contributed by atoms with Crippen LogP contribution in [0.15, 0.2) is 48.5 Å². The highest BCUT2D eigenvalue weighted by Crippen LogP contribution is 2.35. The van der Waals surface area contributed by atoms with Crippen LogP contribution in [0.3, 0.4) is 0 Å². The van der Waals surface area contributed by atoms with Gasteiger partial charge >= 0.3 is 0 Å². The molecule has 3 heterocycles. The van der Waals surface area contributed by atoms with Gasteiger partial charge in [0.05, 0.1) is 18.1 Å². The van der Waals surface area contributed by atoms with E-state index in [0.717, 1.165) is 40.9 Å². The molecule has 1 unspecified atom stereocenters. The molecule has 35 heavy (non-hydrogen) atoms. The predicted octanol–water partition coefficient (Wildman–Crippen LogP) is 4.66. The molecular weight excluding hydrogens is 460 g/mol. The van der Waals surface area contributed by atoms with Crippen LogP contribution in [0, 0.1) is 25.5 Å². The molecule has 1 aliphatic heterocycles. The van der Waals surface area contributed by atoms with Crippen LogP contribution < -0.4 is 9.47 Å². The Morgan fingerprint density at radius 3 is 2.51 bits per heavy atom. The smallest absolute Gasteiger partial charge is 0.198 e. The van der Waals surface area contributed by atoms with E-state index in [4.69, 9.17) is 31.9 Å². The van der Waals surface area contributed by atoms with Crippen molar-refractivity contribution in [2.24, 2.45) is 7.05 Å². The summed E-state index contributed by atoms with van der Waals surface area (Å²) < 4.78 is 18.5. The van der Waals surface area contributed by atoms with Gasteiger partial charge in [-0.2, -0.15) is 10.2 Å². The van der Waals surface area contributed by atoms with Crippen molar-refractivity contribution in [3.63, 3.8) is 0 Å². The van der Waals surface area contributed by atoms with Crippen LogP contribution in [-0.2, 0) is 20.3 Å². The second-order valence-electron chi connectivity index (χ2n) is 9.07. The maximum absolute atomic E-state index is 6.16. The van der Waals surface area contributed by atoms with Crippen molar-refractivity contribution in [1.82, 2.24) is 29.0 Å². The molecule has 0 amide bonds. The molecule has 8 nitrogen and oxygen atoms in total. The first-order valence-electron chi connectivity index (χ1n) is 11.7. The molecule has 1 aliphatic rings. The third-order valence-electron chi connectivity index (χ3n) is 6.46. The first kappa shape index (κ1) is 23.3. The summed E-state index contributed by atoms with van der Waals surface area (Å²) in [7, 11) is 3.99. The third kappa shape index (κ3) is 4.37. The SMILES string of the molecule is Cc1ccccc1-n1nc(C)c(CN(C)Cn2nc(C3COc4ccccc4O3)n(C)c2=S)c1C. The molecule has 0 radical (unpaired) electrons. The number of aromatic nitrogens is 5. The number of benzene rings is 2. The number of hydrogen-bond acceptors (Lipinski definition) is 6. The number of ether oxygens (including phenoxy) is 2. The molecule has 2 aromatic heterocycles. The minimum atomic E-state index is -0.319. The van der Waals surface area contributed by atoms with Crippen LogP contribution in [0.4, 0.5) is 0 Å². The van der Waals surface area contributed by atoms with E-state index >= 15 is 0 Å². The van der Waals surface area contributed by atoms with Crippen molar-refractivity contribution in [3.05, 3.63) is 81.6 Å². The molecule has 0 fully saturated rings. The van der Waals surface area contributed by atoms with Crippen LogP contribution >= 0.6 is 12.2 Å². The largest absolute Gasteiger partial charge is 0.485 e. The Labute approximate surface area is 210 Å². The Morgan fingerprint density at radius 2 is 1.74 bits per heavy atom. The van der Waals surface area contributed by atoms with Gasteiger partial charge in [0.2, 0.25) is 0 Å². The van der Waals surface area contributed by atoms with Gasteiger partial charge in [0.25, 0.3) is 0 Å². The van der Waals surface area contributed by atoms with E-state index in [2.05, 4.69) is 44.9 Å². The average molecular weight is 491 g/mol. The highest BCUT2D eigenvalue weighted by atomic mass is 32.1. The van der Waals surface area contributed by atoms with Crippen LogP contribution in [-0.4, -0.2) is 42.7 Å². The zero-order chi connectivity index (χ0) is 24.7. The fourth-order valence-corrected chi connectivity index (χ4v) is 4.70. The molecule has 2 aromatic carbocycles. The zero-order valence-electron chi connectivity index (χ0n) is 20.7. The molecule has 182 valence electrons. The van der Waals surface area contributed by atoms with E-state index in [1.54, 1.807) is 0 Å². The van der Waals surface area contributed by atoms with E-state index < -0.39 is 0 Å². The summed E-state index contributed by atoms with van der Waals surface area (Å²) in [5.41, 5.74) is 5.67. The third-order valence-corrected chi connectivity index (χ3v) is 6.94. The maximum atomic E-state index is 6.16. The highest BCUT2D eigenvalue weighted by Gasteiger charge is 2.27. The second kappa shape index (κ2) is 9.31. The molecule has 0 N–H and O–H groups in total. The van der Waals surface area contributed by atoms with E-state index in [1.165, 1.54) is 11.1 Å². The molecule has 9 heteroatoms. The summed E-state index contributed by atoms with van der Waals surface area (Å²) in [5.74, 6) is 2.22. The van der Waals surface area contributed by atoms with E-state index in [-0.39, 0.29) is 6.10 Å². The molecule has 1 atom stereocenters. The van der Waals surface area contributed by atoms with Crippen molar-refractivity contribution in [3.8, 4) is 17.2 Å². The Balaban J connectivity index is 1.34. The molecule has 5 rings (SSSR count). The number of hydrogen-bond donors (Lipinski definition) is 0. The lowest BCUT2D eigenvalue weighted by Gasteiger charge is -2.25. The van der Waals surface area contributed by atoms with Gasteiger partial charge in [-0.05, 0) is 63.8 Å². The van der Waals surface area contributed by atoms with E-state index in [1.807, 2.05) is 57.4 Å². The van der Waals surface area contributed by atoms with E-state index in [0.29, 0.717) is 18.0 Å². The van der Waals surface area contributed by atoms with Crippen molar-refractivity contribution in [2.45, 2.75) is 40.1 Å². The van der Waals surface area contributed by atoms with Gasteiger partial charge in [-0.15, -0.1) is 0 Å². The van der Waals surface area contributed by atoms with Crippen molar-refractivity contribution >= 4 is 12.2 Å². The van der Waals surface area contributed by atoms with Crippen LogP contribution in [0.2, 0.25) is 0 Å². The molecular formula is C26H30N6O2S. The quantitative estimate of drug-likeness (QED) is 0.366. The first-order chi connectivity index (χ1) is 16.8. The van der Waals surface area contributed by atoms with E-state index in [9.17, 15) is 0 Å². The van der Waals surface area contributed by atoms with Gasteiger partial charge in [0, 0.05) is 24.8 Å². The van der Waals surface area contributed by atoms with Crippen LogP contribution in [0.5, 0.6) is 11.5 Å². The fourth-order valence-electron chi connectivity index (χ4n) is 4.51. The molecule has 0 saturated carbocycles. The van der Waals surface area contributed by atoms with Gasteiger partial charge in [-0.3, -0.25) is 4.90 Å². The Kier molecular flexibility index (Phi) is 6.21. The van der Waals surface area contributed by atoms with Crippen molar-refractivity contribution < 1.29 is 9.47 Å². The molecule has 0 saturated heterocycles. The maximum Gasteiger partial charge on any atom is 0.198 e. The summed E-state index contributed by atoms with van der Waals surface area (Å²) >= 11 is 5.70. The topological polar surface area (TPSA) is 62.3 Å². The number of aryl methyl sites for hydroxylation is 2. The number of fused-ring (bicyclic) bond motifs is 1. The highest BCUT2D eigenvalue weighted by molar-refractivity contribution is 7.71. The number of para-hydroxylation sites is 3.